The van der Waals surface area contributed by atoms with Gasteiger partial charge in [-0.3, -0.25) is 4.98 Å². The average Bonchev–Trinajstić information content (AvgIpc) is 3.36. The summed E-state index contributed by atoms with van der Waals surface area (Å²) in [4.78, 5) is 10.1. The quantitative estimate of drug-likeness (QED) is 0.180. The van der Waals surface area contributed by atoms with E-state index in [9.17, 15) is 5.11 Å². The van der Waals surface area contributed by atoms with Crippen LogP contribution in [0.2, 0.25) is 0 Å². The van der Waals surface area contributed by atoms with E-state index in [1.165, 1.54) is 11.1 Å². The molecule has 0 fully saturated rings. The van der Waals surface area contributed by atoms with Crippen molar-refractivity contribution in [2.45, 2.75) is 78.6 Å². The Balaban J connectivity index is 0.00000451. The summed E-state index contributed by atoms with van der Waals surface area (Å²) in [6.45, 7) is 19.8. The van der Waals surface area contributed by atoms with E-state index in [-0.39, 0.29) is 37.3 Å². The predicted octanol–water partition coefficient (Wildman–Crippen LogP) is 11.0. The van der Waals surface area contributed by atoms with Crippen LogP contribution in [0.3, 0.4) is 0 Å². The van der Waals surface area contributed by atoms with Crippen LogP contribution in [0.5, 0.6) is 5.75 Å². The van der Waals surface area contributed by atoms with E-state index >= 15 is 0 Å². The number of aryl methyl sites for hydroxylation is 1. The number of para-hydroxylation sites is 1. The molecule has 0 radical (unpaired) electrons. The number of phenolic OH excluding ortho intramolecular Hbond substituents is 1. The van der Waals surface area contributed by atoms with Crippen LogP contribution in [-0.2, 0) is 44.4 Å². The summed E-state index contributed by atoms with van der Waals surface area (Å²) in [5.41, 5.74) is 11.6. The zero-order valence-electron chi connectivity index (χ0n) is 29.8. The zero-order valence-corrected chi connectivity index (χ0v) is 32.0. The van der Waals surface area contributed by atoms with Crippen molar-refractivity contribution in [3.05, 3.63) is 114 Å². The van der Waals surface area contributed by atoms with Gasteiger partial charge in [0.15, 0.2) is 0 Å². The van der Waals surface area contributed by atoms with E-state index in [0.717, 1.165) is 61.5 Å². The van der Waals surface area contributed by atoms with Gasteiger partial charge >= 0.3 is 0 Å². The third-order valence-corrected chi connectivity index (χ3v) is 9.10. The van der Waals surface area contributed by atoms with Gasteiger partial charge in [-0.15, -0.1) is 29.3 Å². The molecule has 4 aromatic carbocycles. The van der Waals surface area contributed by atoms with Gasteiger partial charge < -0.3 is 9.67 Å². The Morgan fingerprint density at radius 2 is 1.29 bits per heavy atom. The predicted molar refractivity (Wildman–Crippen MR) is 197 cm³/mol. The topological polar surface area (TPSA) is 50.9 Å². The minimum Gasteiger partial charge on any atom is -0.507 e. The van der Waals surface area contributed by atoms with Crippen LogP contribution >= 0.6 is 0 Å². The first-order chi connectivity index (χ1) is 22.0. The maximum atomic E-state index is 11.7. The minimum atomic E-state index is -0.236. The zero-order chi connectivity index (χ0) is 33.9. The molecule has 0 saturated carbocycles. The molecule has 4 nitrogen and oxygen atoms in total. The van der Waals surface area contributed by atoms with Crippen molar-refractivity contribution in [3.8, 4) is 50.6 Å². The van der Waals surface area contributed by atoms with Gasteiger partial charge in [-0.1, -0.05) is 128 Å². The number of aromatic hydroxyl groups is 1. The summed E-state index contributed by atoms with van der Waals surface area (Å²) >= 11 is 0. The van der Waals surface area contributed by atoms with Crippen molar-refractivity contribution in [2.75, 3.05) is 0 Å². The molecule has 0 unspecified atom stereocenters. The Bertz CT molecular complexity index is 2110. The van der Waals surface area contributed by atoms with Crippen molar-refractivity contribution in [2.24, 2.45) is 7.05 Å². The molecule has 1 N–H and O–H groups in total. The molecule has 0 saturated heterocycles. The summed E-state index contributed by atoms with van der Waals surface area (Å²) in [5.74, 6) is 1.03. The molecule has 48 heavy (non-hydrogen) atoms. The number of hydrogen-bond donors (Lipinski definition) is 1. The van der Waals surface area contributed by atoms with Crippen LogP contribution in [0.1, 0.15) is 79.0 Å². The van der Waals surface area contributed by atoms with Crippen LogP contribution in [0.25, 0.3) is 55.9 Å². The molecule has 250 valence electrons. The molecule has 0 amide bonds. The molecule has 2 aromatic heterocycles. The van der Waals surface area contributed by atoms with Crippen LogP contribution in [0.15, 0.2) is 91.1 Å². The fourth-order valence-electron chi connectivity index (χ4n) is 6.16. The largest absolute Gasteiger partial charge is 0.507 e. The fraction of sp³-hybridized carbons (Fsp3) is 0.302. The standard InChI is InChI=1S/C43H46N3O.Pt/c1-41(2,3)31-22-29(21-30(23-31)36-24-28(19-20-44-36)27-15-12-11-13-16-27)33-17-14-18-37-38(33)45-40(46(37)10)34-25-32(42(4,5)6)26-35(39(34)47)43(7,8)9;/h11-20,22-26,47H,1-10H3;/q-1;. The van der Waals surface area contributed by atoms with E-state index < -0.39 is 0 Å². The Hall–Kier alpha value is -4.01. The Labute approximate surface area is 300 Å². The average molecular weight is 816 g/mol. The fourth-order valence-corrected chi connectivity index (χ4v) is 6.16. The van der Waals surface area contributed by atoms with Gasteiger partial charge in [-0.2, -0.15) is 0 Å². The SMILES string of the molecule is Cn1c(-c2cc(C(C)(C)C)cc(C(C)(C)C)c2O)nc2c(-c3[c-]c(-c4cc(-c5ccccc5)ccn4)cc(C(C)(C)C)c3)cccc21.[Pt]. The maximum absolute atomic E-state index is 11.7. The van der Waals surface area contributed by atoms with Crippen molar-refractivity contribution in [1.29, 1.82) is 0 Å². The summed E-state index contributed by atoms with van der Waals surface area (Å²) in [6.07, 6.45) is 1.88. The Morgan fingerprint density at radius 3 is 1.94 bits per heavy atom. The van der Waals surface area contributed by atoms with E-state index in [2.05, 4.69) is 152 Å². The van der Waals surface area contributed by atoms with Gasteiger partial charge in [-0.25, -0.2) is 4.98 Å². The van der Waals surface area contributed by atoms with Gasteiger partial charge in [0.05, 0.1) is 16.6 Å². The van der Waals surface area contributed by atoms with Crippen molar-refractivity contribution >= 4 is 11.0 Å². The first kappa shape index (κ1) is 35.3. The summed E-state index contributed by atoms with van der Waals surface area (Å²) in [5, 5.41) is 11.7. The summed E-state index contributed by atoms with van der Waals surface area (Å²) < 4.78 is 2.10. The van der Waals surface area contributed by atoms with E-state index in [0.29, 0.717) is 5.75 Å². The van der Waals surface area contributed by atoms with Gasteiger partial charge in [0.25, 0.3) is 0 Å². The molecular weight excluding hydrogens is 770 g/mol. The van der Waals surface area contributed by atoms with E-state index in [4.69, 9.17) is 9.97 Å². The molecule has 0 aliphatic rings. The van der Waals surface area contributed by atoms with E-state index in [1.807, 2.05) is 19.3 Å². The number of fused-ring (bicyclic) bond motifs is 1. The smallest absolute Gasteiger partial charge is 0.143 e. The second-order valence-electron chi connectivity index (χ2n) is 15.8. The molecule has 6 rings (SSSR count). The monoisotopic (exact) mass is 815 g/mol. The van der Waals surface area contributed by atoms with E-state index in [1.54, 1.807) is 0 Å². The number of rotatable bonds is 4. The van der Waals surface area contributed by atoms with Gasteiger partial charge in [-0.05, 0) is 51.1 Å². The second-order valence-corrected chi connectivity index (χ2v) is 15.8. The van der Waals surface area contributed by atoms with Gasteiger partial charge in [0, 0.05) is 45.6 Å². The second kappa shape index (κ2) is 12.8. The Kier molecular flexibility index (Phi) is 9.40. The van der Waals surface area contributed by atoms with Crippen LogP contribution in [0, 0.1) is 6.07 Å². The molecule has 0 atom stereocenters. The Morgan fingerprint density at radius 1 is 0.646 bits per heavy atom. The first-order valence-corrected chi connectivity index (χ1v) is 16.5. The number of benzene rings is 4. The maximum Gasteiger partial charge on any atom is 0.143 e. The number of pyridine rings is 1. The van der Waals surface area contributed by atoms with Gasteiger partial charge in [0.1, 0.15) is 11.6 Å². The molecular formula is C43H46N3OPt-. The molecule has 2 heterocycles. The molecule has 0 spiro atoms. The van der Waals surface area contributed by atoms with Crippen LogP contribution in [-0.4, -0.2) is 19.6 Å². The third-order valence-electron chi connectivity index (χ3n) is 9.10. The first-order valence-electron chi connectivity index (χ1n) is 16.5. The number of hydrogen-bond acceptors (Lipinski definition) is 3. The summed E-state index contributed by atoms with van der Waals surface area (Å²) in [6, 6.07) is 33.4. The van der Waals surface area contributed by atoms with Gasteiger partial charge in [0.2, 0.25) is 0 Å². The van der Waals surface area contributed by atoms with Crippen molar-refractivity contribution in [1.82, 2.24) is 14.5 Å². The minimum absolute atomic E-state index is 0. The molecule has 0 aliphatic carbocycles. The number of nitrogens with zero attached hydrogens (tertiary/aromatic N) is 3. The molecule has 0 aliphatic heterocycles. The number of phenols is 1. The normalized spacial score (nSPS) is 12.3. The molecule has 0 bridgehead atoms. The number of imidazole rings is 1. The number of aromatic nitrogens is 3. The van der Waals surface area contributed by atoms with Crippen LogP contribution < -0.4 is 0 Å². The van der Waals surface area contributed by atoms with Crippen molar-refractivity contribution in [3.63, 3.8) is 0 Å². The summed E-state index contributed by atoms with van der Waals surface area (Å²) in [7, 11) is 2.04. The van der Waals surface area contributed by atoms with Crippen LogP contribution in [0.4, 0.5) is 0 Å². The molecule has 5 heteroatoms. The van der Waals surface area contributed by atoms with Crippen molar-refractivity contribution < 1.29 is 26.2 Å². The molecule has 6 aromatic rings. The third kappa shape index (κ3) is 6.78.